The number of hydrogen-bond acceptors (Lipinski definition) is 6. The van der Waals surface area contributed by atoms with Crippen LogP contribution < -0.4 is 0 Å². The minimum atomic E-state index is -0.753. The molecule has 0 aromatic heterocycles. The number of carbonyl (C=O) groups is 3. The molecule has 0 aromatic rings. The van der Waals surface area contributed by atoms with Crippen LogP contribution in [0.4, 0.5) is 0 Å². The normalized spacial score (nSPS) is 11.8. The highest BCUT2D eigenvalue weighted by molar-refractivity contribution is 5.71. The maximum absolute atomic E-state index is 12.5. The molecule has 6 heteroatoms. The Kier molecular flexibility index (Phi) is 32.1. The van der Waals surface area contributed by atoms with Gasteiger partial charge in [-0.3, -0.25) is 14.4 Å². The highest BCUT2D eigenvalue weighted by Gasteiger charge is 2.19. The van der Waals surface area contributed by atoms with E-state index in [1.54, 1.807) is 0 Å². The number of ether oxygens (including phenoxy) is 3. The molecule has 0 saturated heterocycles. The molecular formula is C37H70O6. The molecule has 254 valence electrons. The summed E-state index contributed by atoms with van der Waals surface area (Å²) in [6.07, 6.45) is 29.7. The predicted octanol–water partition coefficient (Wildman–Crippen LogP) is 11.0. The SMILES string of the molecule is CCCCCCCCCCCCC(=O)OC[C@H](COC(=O)CCCCCCC)OC(=O)CCCCCCCCCCCC. The molecule has 0 saturated carbocycles. The van der Waals surface area contributed by atoms with Gasteiger partial charge in [-0.15, -0.1) is 0 Å². The first-order chi connectivity index (χ1) is 21.0. The third-order valence-electron chi connectivity index (χ3n) is 8.11. The van der Waals surface area contributed by atoms with Gasteiger partial charge in [0.25, 0.3) is 0 Å². The van der Waals surface area contributed by atoms with Crippen LogP contribution in [0.1, 0.15) is 201 Å². The molecule has 1 atom stereocenters. The average molecular weight is 611 g/mol. The lowest BCUT2D eigenvalue weighted by molar-refractivity contribution is -0.167. The molecule has 43 heavy (non-hydrogen) atoms. The largest absolute Gasteiger partial charge is 0.462 e. The quantitative estimate of drug-likeness (QED) is 0.0418. The monoisotopic (exact) mass is 611 g/mol. The van der Waals surface area contributed by atoms with Gasteiger partial charge in [-0.25, -0.2) is 0 Å². The van der Waals surface area contributed by atoms with Gasteiger partial charge in [-0.1, -0.05) is 162 Å². The number of unbranched alkanes of at least 4 members (excludes halogenated alkanes) is 22. The number of hydrogen-bond donors (Lipinski definition) is 0. The Bertz CT molecular complexity index is 635. The van der Waals surface area contributed by atoms with Gasteiger partial charge in [0, 0.05) is 19.3 Å². The molecule has 0 aliphatic carbocycles. The van der Waals surface area contributed by atoms with Crippen LogP contribution >= 0.6 is 0 Å². The van der Waals surface area contributed by atoms with Crippen molar-refractivity contribution in [1.82, 2.24) is 0 Å². The average Bonchev–Trinajstić information content (AvgIpc) is 3.00. The summed E-state index contributed by atoms with van der Waals surface area (Å²) < 4.78 is 16.5. The third kappa shape index (κ3) is 31.6. The molecule has 0 unspecified atom stereocenters. The molecule has 0 spiro atoms. The summed E-state index contributed by atoms with van der Waals surface area (Å²) in [5.74, 6) is -0.882. The zero-order chi connectivity index (χ0) is 31.6. The van der Waals surface area contributed by atoms with Crippen molar-refractivity contribution < 1.29 is 28.6 Å². The lowest BCUT2D eigenvalue weighted by Crippen LogP contribution is -2.30. The second-order valence-electron chi connectivity index (χ2n) is 12.5. The van der Waals surface area contributed by atoms with Crippen molar-refractivity contribution in [3.05, 3.63) is 0 Å². The molecule has 0 bridgehead atoms. The molecular weight excluding hydrogens is 540 g/mol. The van der Waals surface area contributed by atoms with E-state index < -0.39 is 6.10 Å². The molecule has 0 aliphatic rings. The predicted molar refractivity (Wildman–Crippen MR) is 178 cm³/mol. The van der Waals surface area contributed by atoms with Crippen molar-refractivity contribution in [3.63, 3.8) is 0 Å². The van der Waals surface area contributed by atoms with Crippen LogP contribution in [0.5, 0.6) is 0 Å². The first-order valence-electron chi connectivity index (χ1n) is 18.5. The first-order valence-corrected chi connectivity index (χ1v) is 18.5. The van der Waals surface area contributed by atoms with E-state index in [9.17, 15) is 14.4 Å². The second-order valence-corrected chi connectivity index (χ2v) is 12.5. The van der Waals surface area contributed by atoms with Crippen LogP contribution in [-0.4, -0.2) is 37.2 Å². The van der Waals surface area contributed by atoms with Crippen LogP contribution in [0.15, 0.2) is 0 Å². The summed E-state index contributed by atoms with van der Waals surface area (Å²) in [6.45, 7) is 6.51. The molecule has 0 fully saturated rings. The van der Waals surface area contributed by atoms with Crippen LogP contribution in [0, 0.1) is 0 Å². The number of rotatable bonds is 33. The van der Waals surface area contributed by atoms with Gasteiger partial charge in [0.1, 0.15) is 13.2 Å². The van der Waals surface area contributed by atoms with Crippen LogP contribution in [0.25, 0.3) is 0 Å². The van der Waals surface area contributed by atoms with E-state index in [-0.39, 0.29) is 31.1 Å². The molecule has 0 amide bonds. The summed E-state index contributed by atoms with van der Waals surface area (Å²) in [5, 5.41) is 0. The summed E-state index contributed by atoms with van der Waals surface area (Å²) in [5.41, 5.74) is 0. The minimum absolute atomic E-state index is 0.0653. The van der Waals surface area contributed by atoms with E-state index in [1.807, 2.05) is 0 Å². The second kappa shape index (κ2) is 33.3. The Hall–Kier alpha value is -1.59. The van der Waals surface area contributed by atoms with E-state index in [2.05, 4.69) is 20.8 Å². The Balaban J connectivity index is 4.29. The smallest absolute Gasteiger partial charge is 0.306 e. The molecule has 0 aromatic carbocycles. The summed E-state index contributed by atoms with van der Waals surface area (Å²) in [7, 11) is 0. The van der Waals surface area contributed by atoms with Gasteiger partial charge in [0.05, 0.1) is 0 Å². The van der Waals surface area contributed by atoms with E-state index in [1.165, 1.54) is 96.3 Å². The third-order valence-corrected chi connectivity index (χ3v) is 8.11. The fourth-order valence-corrected chi connectivity index (χ4v) is 5.26. The van der Waals surface area contributed by atoms with Gasteiger partial charge >= 0.3 is 17.9 Å². The van der Waals surface area contributed by atoms with Gasteiger partial charge in [-0.05, 0) is 19.3 Å². The lowest BCUT2D eigenvalue weighted by Gasteiger charge is -2.18. The van der Waals surface area contributed by atoms with Gasteiger partial charge in [-0.2, -0.15) is 0 Å². The van der Waals surface area contributed by atoms with E-state index >= 15 is 0 Å². The molecule has 0 heterocycles. The van der Waals surface area contributed by atoms with Crippen molar-refractivity contribution in [2.75, 3.05) is 13.2 Å². The van der Waals surface area contributed by atoms with Crippen LogP contribution in [-0.2, 0) is 28.6 Å². The standard InChI is InChI=1S/C37H70O6/c1-4-7-10-13-15-17-19-21-24-27-30-36(39)42-33-34(32-41-35(38)29-26-23-12-9-6-3)43-37(40)31-28-25-22-20-18-16-14-11-8-5-2/h34H,4-33H2,1-3H3/t34-/m0/s1. The molecule has 6 nitrogen and oxygen atoms in total. The maximum Gasteiger partial charge on any atom is 0.306 e. The summed E-state index contributed by atoms with van der Waals surface area (Å²) in [6, 6.07) is 0. The van der Waals surface area contributed by atoms with E-state index in [0.717, 1.165) is 64.2 Å². The van der Waals surface area contributed by atoms with Crippen LogP contribution in [0.2, 0.25) is 0 Å². The Morgan fingerprint density at radius 1 is 0.372 bits per heavy atom. The fourth-order valence-electron chi connectivity index (χ4n) is 5.26. The molecule has 0 rings (SSSR count). The summed E-state index contributed by atoms with van der Waals surface area (Å²) >= 11 is 0. The zero-order valence-electron chi connectivity index (χ0n) is 28.7. The molecule has 0 aliphatic heterocycles. The minimum Gasteiger partial charge on any atom is -0.462 e. The van der Waals surface area contributed by atoms with Crippen molar-refractivity contribution in [3.8, 4) is 0 Å². The maximum atomic E-state index is 12.5. The zero-order valence-corrected chi connectivity index (χ0v) is 28.7. The number of carbonyl (C=O) groups excluding carboxylic acids is 3. The van der Waals surface area contributed by atoms with Crippen LogP contribution in [0.3, 0.4) is 0 Å². The fraction of sp³-hybridized carbons (Fsp3) is 0.919. The Morgan fingerprint density at radius 3 is 0.930 bits per heavy atom. The van der Waals surface area contributed by atoms with Crippen molar-refractivity contribution in [2.24, 2.45) is 0 Å². The van der Waals surface area contributed by atoms with E-state index in [0.29, 0.717) is 19.3 Å². The topological polar surface area (TPSA) is 78.9 Å². The first kappa shape index (κ1) is 41.4. The Labute approximate surface area is 266 Å². The molecule has 0 radical (unpaired) electrons. The van der Waals surface area contributed by atoms with Crippen molar-refractivity contribution in [2.45, 2.75) is 207 Å². The Morgan fingerprint density at radius 2 is 0.628 bits per heavy atom. The number of esters is 3. The van der Waals surface area contributed by atoms with Gasteiger partial charge < -0.3 is 14.2 Å². The van der Waals surface area contributed by atoms with E-state index in [4.69, 9.17) is 14.2 Å². The molecule has 0 N–H and O–H groups in total. The highest BCUT2D eigenvalue weighted by Crippen LogP contribution is 2.14. The van der Waals surface area contributed by atoms with Gasteiger partial charge in [0.2, 0.25) is 0 Å². The van der Waals surface area contributed by atoms with Crippen molar-refractivity contribution >= 4 is 17.9 Å². The lowest BCUT2D eigenvalue weighted by atomic mass is 10.1. The van der Waals surface area contributed by atoms with Gasteiger partial charge in [0.15, 0.2) is 6.10 Å². The highest BCUT2D eigenvalue weighted by atomic mass is 16.6. The van der Waals surface area contributed by atoms with Crippen molar-refractivity contribution in [1.29, 1.82) is 0 Å². The summed E-state index contributed by atoms with van der Waals surface area (Å²) in [4.78, 5) is 37.1.